The molecule has 1 N–H and O–H groups in total. The van der Waals surface area contributed by atoms with Crippen LogP contribution in [-0.4, -0.2) is 11.1 Å². The van der Waals surface area contributed by atoms with Crippen LogP contribution in [0.15, 0.2) is 0 Å². The smallest absolute Gasteiger partial charge is 0.303 e. The first-order valence-corrected chi connectivity index (χ1v) is 4.09. The molecule has 0 amide bonds. The highest BCUT2D eigenvalue weighted by Gasteiger charge is 2.24. The summed E-state index contributed by atoms with van der Waals surface area (Å²) >= 11 is 0. The Morgan fingerprint density at radius 1 is 1.45 bits per heavy atom. The summed E-state index contributed by atoms with van der Waals surface area (Å²) in [6, 6.07) is 0. The fourth-order valence-corrected chi connectivity index (χ4v) is 1.27. The van der Waals surface area contributed by atoms with Crippen molar-refractivity contribution in [2.45, 2.75) is 40.5 Å². The molecule has 2 heteroatoms. The summed E-state index contributed by atoms with van der Waals surface area (Å²) in [6.07, 6.45) is 1.23. The number of hydrogen-bond donors (Lipinski definition) is 1. The molecule has 0 aliphatic heterocycles. The first-order valence-electron chi connectivity index (χ1n) is 4.09. The normalized spacial score (nSPS) is 14.5. The summed E-state index contributed by atoms with van der Waals surface area (Å²) in [5.74, 6) is -0.397. The molecule has 0 aromatic heterocycles. The van der Waals surface area contributed by atoms with Gasteiger partial charge in [0.25, 0.3) is 0 Å². The number of carboxylic acid groups (broad SMARTS) is 1. The summed E-state index contributed by atoms with van der Waals surface area (Å²) < 4.78 is 0. The number of carbonyl (C=O) groups is 1. The lowest BCUT2D eigenvalue weighted by molar-refractivity contribution is -0.139. The molecule has 0 rings (SSSR count). The molecule has 0 heterocycles. The standard InChI is InChI=1S/C9H18O2/c1-5-7(6-8(10)11)9(2,3)4/h7H,5-6H2,1-4H3,(H,10,11). The SMILES string of the molecule is CCC(CC(=O)O)C(C)(C)C. The molecular formula is C9H18O2. The quantitative estimate of drug-likeness (QED) is 0.685. The summed E-state index contributed by atoms with van der Waals surface area (Å²) in [5.41, 5.74) is 0.118. The molecule has 0 aliphatic rings. The van der Waals surface area contributed by atoms with Crippen LogP contribution in [0.5, 0.6) is 0 Å². The molecular weight excluding hydrogens is 140 g/mol. The van der Waals surface area contributed by atoms with Crippen LogP contribution in [0, 0.1) is 11.3 Å². The second-order valence-electron chi connectivity index (χ2n) is 4.07. The van der Waals surface area contributed by atoms with Crippen LogP contribution in [0.25, 0.3) is 0 Å². The zero-order valence-electron chi connectivity index (χ0n) is 7.85. The fourth-order valence-electron chi connectivity index (χ4n) is 1.27. The molecule has 1 atom stereocenters. The highest BCUT2D eigenvalue weighted by Crippen LogP contribution is 2.30. The molecule has 11 heavy (non-hydrogen) atoms. The van der Waals surface area contributed by atoms with E-state index in [1.54, 1.807) is 0 Å². The first-order chi connectivity index (χ1) is 4.88. The highest BCUT2D eigenvalue weighted by molar-refractivity contribution is 5.67. The van der Waals surface area contributed by atoms with Gasteiger partial charge < -0.3 is 5.11 Å². The Morgan fingerprint density at radius 3 is 2.00 bits per heavy atom. The fraction of sp³-hybridized carbons (Fsp3) is 0.889. The minimum absolute atomic E-state index is 0.118. The molecule has 0 radical (unpaired) electrons. The molecule has 0 saturated heterocycles. The Bertz CT molecular complexity index is 133. The van der Waals surface area contributed by atoms with Gasteiger partial charge in [-0.25, -0.2) is 0 Å². The maximum absolute atomic E-state index is 10.4. The van der Waals surface area contributed by atoms with E-state index in [2.05, 4.69) is 20.8 Å². The van der Waals surface area contributed by atoms with Gasteiger partial charge in [0.05, 0.1) is 0 Å². The monoisotopic (exact) mass is 158 g/mol. The summed E-state index contributed by atoms with van der Waals surface area (Å²) in [7, 11) is 0. The number of carboxylic acids is 1. The maximum atomic E-state index is 10.4. The Kier molecular flexibility index (Phi) is 3.56. The van der Waals surface area contributed by atoms with Crippen LogP contribution in [0.2, 0.25) is 0 Å². The average molecular weight is 158 g/mol. The lowest BCUT2D eigenvalue weighted by atomic mass is 9.77. The van der Waals surface area contributed by atoms with Gasteiger partial charge in [0, 0.05) is 6.42 Å². The topological polar surface area (TPSA) is 37.3 Å². The van der Waals surface area contributed by atoms with Gasteiger partial charge in [-0.3, -0.25) is 4.79 Å². The van der Waals surface area contributed by atoms with Crippen molar-refractivity contribution in [2.24, 2.45) is 11.3 Å². The van der Waals surface area contributed by atoms with Gasteiger partial charge >= 0.3 is 5.97 Å². The van der Waals surface area contributed by atoms with Gasteiger partial charge in [-0.15, -0.1) is 0 Å². The largest absolute Gasteiger partial charge is 0.481 e. The van der Waals surface area contributed by atoms with Crippen molar-refractivity contribution in [3.8, 4) is 0 Å². The third-order valence-electron chi connectivity index (χ3n) is 2.14. The van der Waals surface area contributed by atoms with E-state index in [1.807, 2.05) is 6.92 Å². The number of hydrogen-bond acceptors (Lipinski definition) is 1. The van der Waals surface area contributed by atoms with Crippen molar-refractivity contribution in [1.82, 2.24) is 0 Å². The molecule has 0 bridgehead atoms. The predicted octanol–water partition coefficient (Wildman–Crippen LogP) is 2.53. The third kappa shape index (κ3) is 4.02. The lowest BCUT2D eigenvalue weighted by Crippen LogP contribution is -2.22. The van der Waals surface area contributed by atoms with Crippen molar-refractivity contribution in [2.75, 3.05) is 0 Å². The average Bonchev–Trinajstić information content (AvgIpc) is 1.79. The van der Waals surface area contributed by atoms with Gasteiger partial charge in [-0.2, -0.15) is 0 Å². The minimum atomic E-state index is -0.688. The minimum Gasteiger partial charge on any atom is -0.481 e. The number of aliphatic carboxylic acids is 1. The molecule has 0 aliphatic carbocycles. The predicted molar refractivity (Wildman–Crippen MR) is 45.5 cm³/mol. The zero-order valence-corrected chi connectivity index (χ0v) is 7.85. The van der Waals surface area contributed by atoms with Crippen LogP contribution in [0.3, 0.4) is 0 Å². The second-order valence-corrected chi connectivity index (χ2v) is 4.07. The summed E-state index contributed by atoms with van der Waals surface area (Å²) in [4.78, 5) is 10.4. The first kappa shape index (κ1) is 10.5. The van der Waals surface area contributed by atoms with E-state index in [9.17, 15) is 4.79 Å². The molecule has 0 aromatic rings. The van der Waals surface area contributed by atoms with Crippen molar-refractivity contribution in [1.29, 1.82) is 0 Å². The Hall–Kier alpha value is -0.530. The Labute approximate surface area is 68.6 Å². The van der Waals surface area contributed by atoms with Crippen LogP contribution in [0.1, 0.15) is 40.5 Å². The van der Waals surface area contributed by atoms with Crippen LogP contribution >= 0.6 is 0 Å². The molecule has 1 unspecified atom stereocenters. The summed E-state index contributed by atoms with van der Waals surface area (Å²) in [5, 5.41) is 8.58. The molecule has 2 nitrogen and oxygen atoms in total. The maximum Gasteiger partial charge on any atom is 0.303 e. The Balaban J connectivity index is 4.07. The van der Waals surface area contributed by atoms with Crippen LogP contribution in [-0.2, 0) is 4.79 Å². The summed E-state index contributed by atoms with van der Waals surface area (Å²) in [6.45, 7) is 8.30. The molecule has 0 saturated carbocycles. The van der Waals surface area contributed by atoms with Gasteiger partial charge in [-0.05, 0) is 11.3 Å². The van der Waals surface area contributed by atoms with E-state index in [0.717, 1.165) is 6.42 Å². The lowest BCUT2D eigenvalue weighted by Gasteiger charge is -2.28. The zero-order chi connectivity index (χ0) is 9.07. The number of rotatable bonds is 3. The molecule has 66 valence electrons. The van der Waals surface area contributed by atoms with E-state index in [-0.39, 0.29) is 5.41 Å². The van der Waals surface area contributed by atoms with E-state index < -0.39 is 5.97 Å². The van der Waals surface area contributed by atoms with E-state index >= 15 is 0 Å². The van der Waals surface area contributed by atoms with Gasteiger partial charge in [0.2, 0.25) is 0 Å². The van der Waals surface area contributed by atoms with Gasteiger partial charge in [0.1, 0.15) is 0 Å². The van der Waals surface area contributed by atoms with Gasteiger partial charge in [0.15, 0.2) is 0 Å². The van der Waals surface area contributed by atoms with E-state index in [1.165, 1.54) is 0 Å². The van der Waals surface area contributed by atoms with Crippen LogP contribution < -0.4 is 0 Å². The second kappa shape index (κ2) is 3.74. The van der Waals surface area contributed by atoms with Crippen molar-refractivity contribution < 1.29 is 9.90 Å². The van der Waals surface area contributed by atoms with Crippen molar-refractivity contribution in [3.63, 3.8) is 0 Å². The van der Waals surface area contributed by atoms with Crippen molar-refractivity contribution in [3.05, 3.63) is 0 Å². The van der Waals surface area contributed by atoms with Crippen molar-refractivity contribution >= 4 is 5.97 Å². The molecule has 0 fully saturated rings. The molecule has 0 aromatic carbocycles. The molecule has 0 spiro atoms. The third-order valence-corrected chi connectivity index (χ3v) is 2.14. The van der Waals surface area contributed by atoms with E-state index in [0.29, 0.717) is 12.3 Å². The Morgan fingerprint density at radius 2 is 1.91 bits per heavy atom. The van der Waals surface area contributed by atoms with E-state index in [4.69, 9.17) is 5.11 Å². The highest BCUT2D eigenvalue weighted by atomic mass is 16.4. The van der Waals surface area contributed by atoms with Crippen LogP contribution in [0.4, 0.5) is 0 Å². The van der Waals surface area contributed by atoms with Gasteiger partial charge in [-0.1, -0.05) is 34.1 Å².